The summed E-state index contributed by atoms with van der Waals surface area (Å²) in [4.78, 5) is 48.3. The highest BCUT2D eigenvalue weighted by Gasteiger charge is 2.32. The van der Waals surface area contributed by atoms with Crippen LogP contribution in [-0.4, -0.2) is 68.7 Å². The Morgan fingerprint density at radius 3 is 2.72 bits per heavy atom. The van der Waals surface area contributed by atoms with Crippen LogP contribution in [0, 0.1) is 5.41 Å². The van der Waals surface area contributed by atoms with Crippen LogP contribution in [0.3, 0.4) is 0 Å². The summed E-state index contributed by atoms with van der Waals surface area (Å²) in [5.74, 6) is -0.835. The molecule has 9 nitrogen and oxygen atoms in total. The van der Waals surface area contributed by atoms with E-state index < -0.39 is 17.4 Å². The molecule has 0 fully saturated rings. The minimum Gasteiger partial charge on any atom is -0.396 e. The number of nitrogens with zero attached hydrogens (tertiary/aromatic N) is 1. The van der Waals surface area contributed by atoms with Gasteiger partial charge in [-0.15, -0.1) is 11.8 Å². The van der Waals surface area contributed by atoms with E-state index in [4.69, 9.17) is 5.11 Å². The molecule has 1 atom stereocenters. The number of carbonyl (C=O) groups excluding carboxylic acids is 4. The van der Waals surface area contributed by atoms with Crippen molar-refractivity contribution in [2.24, 2.45) is 5.41 Å². The molecule has 10 heteroatoms. The van der Waals surface area contributed by atoms with Gasteiger partial charge in [0.05, 0.1) is 23.3 Å². The number of aliphatic hydroxyl groups excluding tert-OH is 2. The lowest BCUT2D eigenvalue weighted by molar-refractivity contribution is -0.137. The van der Waals surface area contributed by atoms with Gasteiger partial charge in [0.1, 0.15) is 17.6 Å². The predicted octanol–water partition coefficient (Wildman–Crippen LogP) is 0.641. The molecule has 1 heterocycles. The smallest absolute Gasteiger partial charge is 0.249 e. The summed E-state index contributed by atoms with van der Waals surface area (Å²) >= 11 is 1.16. The number of hydrogen-bond donors (Lipinski definition) is 4. The standard InChI is InChI=1S/C19H25N3O6S/c1-19(2,10-23)17(27)18(28)20-6-3-4-11(24)5-7-29-14-8-13(25)15-12(16(14)26)9-21-22-15/h8-9,17,23,27H,3-7,10H2,1-2H3,(H,20,28)(H,21,22)/t17-/m0/s1. The number of Topliss-reactive ketones (excluding diaryl/α,β-unsaturated/α-hetero) is 2. The SMILES string of the molecule is CC(C)(CO)[C@@H](O)C(=O)NCCCC(=O)CCSC1=CC(=O)c2[nH]ncc2C1=O. The van der Waals surface area contributed by atoms with Crippen LogP contribution in [0.5, 0.6) is 0 Å². The number of carbonyl (C=O) groups is 4. The van der Waals surface area contributed by atoms with Gasteiger partial charge in [-0.3, -0.25) is 24.3 Å². The molecular formula is C19H25N3O6S. The van der Waals surface area contributed by atoms with Crippen molar-refractivity contribution < 1.29 is 29.4 Å². The van der Waals surface area contributed by atoms with Crippen molar-refractivity contribution in [1.82, 2.24) is 15.5 Å². The summed E-state index contributed by atoms with van der Waals surface area (Å²) in [6, 6.07) is 0. The fourth-order valence-electron chi connectivity index (χ4n) is 2.58. The van der Waals surface area contributed by atoms with Gasteiger partial charge in [0, 0.05) is 36.6 Å². The highest BCUT2D eigenvalue weighted by Crippen LogP contribution is 2.27. The van der Waals surface area contributed by atoms with Crippen molar-refractivity contribution >= 4 is 35.0 Å². The van der Waals surface area contributed by atoms with Gasteiger partial charge in [-0.1, -0.05) is 13.8 Å². The van der Waals surface area contributed by atoms with E-state index >= 15 is 0 Å². The number of aromatic nitrogens is 2. The van der Waals surface area contributed by atoms with E-state index in [1.165, 1.54) is 12.3 Å². The number of allylic oxidation sites excluding steroid dienone is 2. The molecule has 0 aromatic carbocycles. The van der Waals surface area contributed by atoms with Crippen molar-refractivity contribution in [3.05, 3.63) is 28.4 Å². The average molecular weight is 423 g/mol. The van der Waals surface area contributed by atoms with Crippen LogP contribution in [0.4, 0.5) is 0 Å². The normalized spacial score (nSPS) is 15.0. The zero-order valence-corrected chi connectivity index (χ0v) is 17.2. The molecular weight excluding hydrogens is 398 g/mol. The van der Waals surface area contributed by atoms with Crippen LogP contribution in [0.1, 0.15) is 54.0 Å². The maximum absolute atomic E-state index is 12.3. The topological polar surface area (TPSA) is 149 Å². The van der Waals surface area contributed by atoms with Crippen LogP contribution >= 0.6 is 11.8 Å². The number of rotatable bonds is 11. The molecule has 1 aliphatic rings. The predicted molar refractivity (Wildman–Crippen MR) is 107 cm³/mol. The number of aromatic amines is 1. The fourth-order valence-corrected chi connectivity index (χ4v) is 3.56. The summed E-state index contributed by atoms with van der Waals surface area (Å²) in [5, 5.41) is 27.8. The third-order valence-corrected chi connectivity index (χ3v) is 5.61. The van der Waals surface area contributed by atoms with Crippen LogP contribution in [0.2, 0.25) is 0 Å². The van der Waals surface area contributed by atoms with E-state index in [0.717, 1.165) is 11.8 Å². The van der Waals surface area contributed by atoms with Gasteiger partial charge in [-0.2, -0.15) is 5.10 Å². The Morgan fingerprint density at radius 2 is 2.03 bits per heavy atom. The van der Waals surface area contributed by atoms with Gasteiger partial charge in [-0.05, 0) is 6.42 Å². The summed E-state index contributed by atoms with van der Waals surface area (Å²) in [6.45, 7) is 3.06. The zero-order valence-electron chi connectivity index (χ0n) is 16.4. The summed E-state index contributed by atoms with van der Waals surface area (Å²) in [6.07, 6.45) is 2.14. The number of amides is 1. The van der Waals surface area contributed by atoms with Gasteiger partial charge in [0.2, 0.25) is 17.5 Å². The highest BCUT2D eigenvalue weighted by atomic mass is 32.2. The van der Waals surface area contributed by atoms with Crippen LogP contribution in [0.15, 0.2) is 17.2 Å². The Balaban J connectivity index is 1.66. The van der Waals surface area contributed by atoms with Crippen molar-refractivity contribution in [2.45, 2.75) is 39.2 Å². The first kappa shape index (κ1) is 23.0. The first-order chi connectivity index (χ1) is 13.7. The minimum atomic E-state index is -1.33. The van der Waals surface area contributed by atoms with E-state index in [0.29, 0.717) is 17.1 Å². The lowest BCUT2D eigenvalue weighted by Crippen LogP contribution is -2.45. The van der Waals surface area contributed by atoms with Crippen molar-refractivity contribution in [3.8, 4) is 0 Å². The molecule has 1 amide bonds. The first-order valence-corrected chi connectivity index (χ1v) is 10.2. The second-order valence-corrected chi connectivity index (χ2v) is 8.58. The zero-order chi connectivity index (χ0) is 21.6. The Hall–Kier alpha value is -2.30. The van der Waals surface area contributed by atoms with E-state index in [1.807, 2.05) is 0 Å². The second-order valence-electron chi connectivity index (χ2n) is 7.44. The molecule has 4 N–H and O–H groups in total. The molecule has 2 rings (SSSR count). The lowest BCUT2D eigenvalue weighted by atomic mass is 9.87. The van der Waals surface area contributed by atoms with Gasteiger partial charge in [0.25, 0.3) is 0 Å². The molecule has 0 unspecified atom stereocenters. The van der Waals surface area contributed by atoms with Gasteiger partial charge in [0.15, 0.2) is 0 Å². The largest absolute Gasteiger partial charge is 0.396 e. The fraction of sp³-hybridized carbons (Fsp3) is 0.526. The lowest BCUT2D eigenvalue weighted by Gasteiger charge is -2.27. The third kappa shape index (κ3) is 5.84. The van der Waals surface area contributed by atoms with E-state index in [1.54, 1.807) is 13.8 Å². The summed E-state index contributed by atoms with van der Waals surface area (Å²) in [7, 11) is 0. The highest BCUT2D eigenvalue weighted by molar-refractivity contribution is 8.04. The molecule has 0 spiro atoms. The van der Waals surface area contributed by atoms with E-state index in [2.05, 4.69) is 15.5 Å². The molecule has 0 radical (unpaired) electrons. The molecule has 1 aromatic rings. The Kier molecular flexibility index (Phi) is 7.88. The molecule has 0 aliphatic heterocycles. The Morgan fingerprint density at radius 1 is 1.31 bits per heavy atom. The van der Waals surface area contributed by atoms with Crippen molar-refractivity contribution in [1.29, 1.82) is 0 Å². The Bertz CT molecular complexity index is 830. The molecule has 29 heavy (non-hydrogen) atoms. The quantitative estimate of drug-likeness (QED) is 0.379. The van der Waals surface area contributed by atoms with Crippen molar-refractivity contribution in [2.75, 3.05) is 18.9 Å². The Labute approximate surface area is 172 Å². The molecule has 0 bridgehead atoms. The number of hydrogen-bond acceptors (Lipinski definition) is 8. The summed E-state index contributed by atoms with van der Waals surface area (Å²) < 4.78 is 0. The first-order valence-electron chi connectivity index (χ1n) is 9.22. The molecule has 0 saturated carbocycles. The van der Waals surface area contributed by atoms with Crippen LogP contribution < -0.4 is 5.32 Å². The maximum atomic E-state index is 12.3. The molecule has 158 valence electrons. The maximum Gasteiger partial charge on any atom is 0.249 e. The number of nitrogens with one attached hydrogen (secondary N) is 2. The van der Waals surface area contributed by atoms with E-state index in [-0.39, 0.29) is 54.6 Å². The van der Waals surface area contributed by atoms with Crippen molar-refractivity contribution in [3.63, 3.8) is 0 Å². The number of aliphatic hydroxyl groups is 2. The number of thioether (sulfide) groups is 1. The van der Waals surface area contributed by atoms with Crippen LogP contribution in [-0.2, 0) is 9.59 Å². The number of fused-ring (bicyclic) bond motifs is 1. The summed E-state index contributed by atoms with van der Waals surface area (Å²) in [5.41, 5.74) is -0.514. The van der Waals surface area contributed by atoms with Gasteiger partial charge >= 0.3 is 0 Å². The number of ketones is 3. The monoisotopic (exact) mass is 423 g/mol. The van der Waals surface area contributed by atoms with Gasteiger partial charge in [-0.25, -0.2) is 0 Å². The van der Waals surface area contributed by atoms with E-state index in [9.17, 15) is 24.3 Å². The second kappa shape index (κ2) is 9.95. The third-order valence-electron chi connectivity index (χ3n) is 4.58. The minimum absolute atomic E-state index is 0.0258. The average Bonchev–Trinajstić information content (AvgIpc) is 3.19. The molecule has 1 aliphatic carbocycles. The molecule has 1 aromatic heterocycles. The van der Waals surface area contributed by atoms with Gasteiger partial charge < -0.3 is 15.5 Å². The number of H-pyrrole nitrogens is 1. The van der Waals surface area contributed by atoms with Crippen LogP contribution in [0.25, 0.3) is 0 Å². The molecule has 0 saturated heterocycles.